The van der Waals surface area contributed by atoms with Gasteiger partial charge in [-0.1, -0.05) is 91.0 Å². The van der Waals surface area contributed by atoms with Crippen LogP contribution in [0.2, 0.25) is 0 Å². The first-order chi connectivity index (χ1) is 23.8. The Balaban J connectivity index is 1.19. The van der Waals surface area contributed by atoms with E-state index in [4.69, 9.17) is 4.74 Å². The molecule has 0 aliphatic rings. The monoisotopic (exact) mass is 656 g/mol. The number of urea groups is 1. The molecule has 5 rings (SSSR count). The van der Waals surface area contributed by atoms with E-state index in [-0.39, 0.29) is 24.7 Å². The van der Waals surface area contributed by atoms with E-state index in [0.29, 0.717) is 34.9 Å². The molecule has 9 nitrogen and oxygen atoms in total. The highest BCUT2D eigenvalue weighted by atomic mass is 16.5. The summed E-state index contributed by atoms with van der Waals surface area (Å²) >= 11 is 0. The highest BCUT2D eigenvalue weighted by Gasteiger charge is 2.19. The van der Waals surface area contributed by atoms with E-state index in [1.807, 2.05) is 85.8 Å². The molecule has 5 N–H and O–H groups in total. The molecule has 9 heteroatoms. The van der Waals surface area contributed by atoms with Gasteiger partial charge in [0.25, 0.3) is 0 Å². The fourth-order valence-electron chi connectivity index (χ4n) is 5.60. The molecule has 5 aromatic rings. The number of methoxy groups -OCH3 is 1. The van der Waals surface area contributed by atoms with Crippen LogP contribution in [0.1, 0.15) is 45.7 Å². The maximum absolute atomic E-state index is 13.0. The number of aliphatic carboxylic acids is 1. The summed E-state index contributed by atoms with van der Waals surface area (Å²) < 4.78 is 5.49. The second-order valence-electron chi connectivity index (χ2n) is 11.8. The number of benzene rings is 5. The van der Waals surface area contributed by atoms with E-state index < -0.39 is 12.0 Å². The summed E-state index contributed by atoms with van der Waals surface area (Å²) in [6, 6.07) is 37.7. The number of para-hydroxylation sites is 1. The van der Waals surface area contributed by atoms with E-state index in [1.165, 1.54) is 12.7 Å². The fraction of sp³-hybridized carbons (Fsp3) is 0.175. The molecule has 250 valence electrons. The molecule has 3 amide bonds. The molecule has 1 unspecified atom stereocenters. The number of rotatable bonds is 14. The Kier molecular flexibility index (Phi) is 11.8. The van der Waals surface area contributed by atoms with Gasteiger partial charge >= 0.3 is 12.0 Å². The fourth-order valence-corrected chi connectivity index (χ4v) is 5.60. The second-order valence-corrected chi connectivity index (χ2v) is 11.8. The Morgan fingerprint density at radius 2 is 1.37 bits per heavy atom. The molecule has 0 heterocycles. The summed E-state index contributed by atoms with van der Waals surface area (Å²) in [6.45, 7) is 3.30. The van der Waals surface area contributed by atoms with Crippen molar-refractivity contribution in [1.29, 1.82) is 0 Å². The largest absolute Gasteiger partial charge is 0.495 e. The van der Waals surface area contributed by atoms with Crippen LogP contribution in [0, 0.1) is 6.92 Å². The number of anilines is 3. The van der Waals surface area contributed by atoms with Crippen molar-refractivity contribution in [2.45, 2.75) is 38.8 Å². The Morgan fingerprint density at radius 1 is 0.673 bits per heavy atom. The van der Waals surface area contributed by atoms with E-state index in [9.17, 15) is 19.5 Å². The summed E-state index contributed by atoms with van der Waals surface area (Å²) in [5.74, 6) is -1.05. The lowest BCUT2D eigenvalue weighted by Crippen LogP contribution is -2.20. The lowest BCUT2D eigenvalue weighted by atomic mass is 9.87. The number of amides is 3. The van der Waals surface area contributed by atoms with Gasteiger partial charge in [-0.3, -0.25) is 9.59 Å². The van der Waals surface area contributed by atoms with Gasteiger partial charge in [0, 0.05) is 30.4 Å². The normalized spacial score (nSPS) is 11.3. The maximum Gasteiger partial charge on any atom is 0.323 e. The summed E-state index contributed by atoms with van der Waals surface area (Å²) in [5, 5.41) is 21.7. The van der Waals surface area contributed by atoms with Gasteiger partial charge in [-0.25, -0.2) is 4.79 Å². The van der Waals surface area contributed by atoms with Crippen LogP contribution in [0.3, 0.4) is 0 Å². The van der Waals surface area contributed by atoms with Crippen molar-refractivity contribution in [3.63, 3.8) is 0 Å². The number of ether oxygens (including phenoxy) is 1. The van der Waals surface area contributed by atoms with Crippen molar-refractivity contribution in [1.82, 2.24) is 5.32 Å². The molecule has 0 fully saturated rings. The van der Waals surface area contributed by atoms with Gasteiger partial charge < -0.3 is 31.1 Å². The van der Waals surface area contributed by atoms with E-state index >= 15 is 0 Å². The number of carbonyl (C=O) groups excluding carboxylic acids is 2. The highest BCUT2D eigenvalue weighted by Crippen LogP contribution is 2.30. The number of aryl methyl sites for hydroxylation is 1. The predicted octanol–water partition coefficient (Wildman–Crippen LogP) is 7.73. The van der Waals surface area contributed by atoms with Crippen molar-refractivity contribution in [3.8, 4) is 5.75 Å². The number of hydrogen-bond donors (Lipinski definition) is 5. The Morgan fingerprint density at radius 3 is 2.10 bits per heavy atom. The minimum atomic E-state index is -0.890. The van der Waals surface area contributed by atoms with Crippen molar-refractivity contribution in [2.75, 3.05) is 23.1 Å². The zero-order chi connectivity index (χ0) is 34.6. The molecule has 0 saturated carbocycles. The van der Waals surface area contributed by atoms with Crippen molar-refractivity contribution >= 4 is 35.0 Å². The average Bonchev–Trinajstić information content (AvgIpc) is 3.10. The summed E-state index contributed by atoms with van der Waals surface area (Å²) in [4.78, 5) is 37.4. The SMILES string of the molecule is COc1cc(CC(=O)Nc2ccc(C(CC(=O)O)c3cccc(CNCc4ccccc4)c3)cc2)ccc1NC(=O)Nc1ccccc1C. The quantitative estimate of drug-likeness (QED) is 0.0833. The van der Waals surface area contributed by atoms with Crippen LogP contribution in [-0.4, -0.2) is 30.1 Å². The van der Waals surface area contributed by atoms with E-state index in [1.54, 1.807) is 30.3 Å². The first-order valence-corrected chi connectivity index (χ1v) is 16.0. The zero-order valence-electron chi connectivity index (χ0n) is 27.5. The van der Waals surface area contributed by atoms with Gasteiger partial charge in [-0.15, -0.1) is 0 Å². The molecule has 0 aliphatic carbocycles. The number of hydrogen-bond acceptors (Lipinski definition) is 5. The lowest BCUT2D eigenvalue weighted by Gasteiger charge is -2.18. The molecule has 0 radical (unpaired) electrons. The minimum absolute atomic E-state index is 0.0627. The van der Waals surface area contributed by atoms with Crippen LogP contribution >= 0.6 is 0 Å². The Hall–Kier alpha value is -5.93. The first-order valence-electron chi connectivity index (χ1n) is 16.0. The smallest absolute Gasteiger partial charge is 0.323 e. The third-order valence-corrected chi connectivity index (χ3v) is 8.10. The molecule has 0 spiro atoms. The third-order valence-electron chi connectivity index (χ3n) is 8.10. The molecule has 0 bridgehead atoms. The van der Waals surface area contributed by atoms with Crippen LogP contribution in [0.5, 0.6) is 5.75 Å². The zero-order valence-corrected chi connectivity index (χ0v) is 27.5. The van der Waals surface area contributed by atoms with Crippen LogP contribution in [0.4, 0.5) is 21.9 Å². The standard InChI is InChI=1S/C40H40N4O5/c1-27-9-6-7-14-35(27)43-40(48)44-36-20-15-29(22-37(36)49-2)23-38(45)42-33-18-16-31(17-19-33)34(24-39(46)47)32-13-8-12-30(21-32)26-41-25-28-10-4-3-5-11-28/h3-22,34,41H,23-26H2,1-2H3,(H,42,45)(H,46,47)(H2,43,44,48). The van der Waals surface area contributed by atoms with Crippen molar-refractivity contribution in [2.24, 2.45) is 0 Å². The van der Waals surface area contributed by atoms with E-state index in [0.717, 1.165) is 28.8 Å². The number of carbonyl (C=O) groups is 3. The number of carboxylic acid groups (broad SMARTS) is 1. The predicted molar refractivity (Wildman–Crippen MR) is 193 cm³/mol. The summed E-state index contributed by atoms with van der Waals surface area (Å²) in [7, 11) is 1.50. The van der Waals surface area contributed by atoms with Gasteiger partial charge in [-0.05, 0) is 70.6 Å². The molecule has 49 heavy (non-hydrogen) atoms. The first kappa shape index (κ1) is 34.4. The van der Waals surface area contributed by atoms with Crippen LogP contribution < -0.4 is 26.0 Å². The third kappa shape index (κ3) is 10.0. The molecule has 0 aliphatic heterocycles. The van der Waals surface area contributed by atoms with Crippen LogP contribution in [0.15, 0.2) is 121 Å². The summed E-state index contributed by atoms with van der Waals surface area (Å²) in [6.07, 6.45) is 0.0212. The lowest BCUT2D eigenvalue weighted by molar-refractivity contribution is -0.137. The van der Waals surface area contributed by atoms with Crippen LogP contribution in [0.25, 0.3) is 0 Å². The number of nitrogens with one attached hydrogen (secondary N) is 4. The highest BCUT2D eigenvalue weighted by molar-refractivity contribution is 6.01. The van der Waals surface area contributed by atoms with Crippen molar-refractivity contribution in [3.05, 3.63) is 155 Å². The van der Waals surface area contributed by atoms with Crippen molar-refractivity contribution < 1.29 is 24.2 Å². The molecule has 0 saturated heterocycles. The maximum atomic E-state index is 13.0. The van der Waals surface area contributed by atoms with Gasteiger partial charge in [0.05, 0.1) is 25.6 Å². The molecular weight excluding hydrogens is 616 g/mol. The van der Waals surface area contributed by atoms with Gasteiger partial charge in [-0.2, -0.15) is 0 Å². The van der Waals surface area contributed by atoms with Gasteiger partial charge in [0.1, 0.15) is 5.75 Å². The second kappa shape index (κ2) is 16.8. The van der Waals surface area contributed by atoms with E-state index in [2.05, 4.69) is 33.4 Å². The van der Waals surface area contributed by atoms with Gasteiger partial charge in [0.15, 0.2) is 0 Å². The Bertz CT molecular complexity index is 1890. The Labute approximate surface area is 286 Å². The molecule has 1 atom stereocenters. The van der Waals surface area contributed by atoms with Gasteiger partial charge in [0.2, 0.25) is 5.91 Å². The molecular formula is C40H40N4O5. The minimum Gasteiger partial charge on any atom is -0.495 e. The average molecular weight is 657 g/mol. The molecule has 0 aromatic heterocycles. The van der Waals surface area contributed by atoms with Crippen LogP contribution in [-0.2, 0) is 29.1 Å². The summed E-state index contributed by atoms with van der Waals surface area (Å²) in [5.41, 5.74) is 7.43. The topological polar surface area (TPSA) is 129 Å². The number of carboxylic acids is 1. The molecule has 5 aromatic carbocycles.